The second kappa shape index (κ2) is 3.65. The van der Waals surface area contributed by atoms with E-state index in [4.69, 9.17) is 21.1 Å². The Morgan fingerprint density at radius 2 is 1.86 bits per heavy atom. The summed E-state index contributed by atoms with van der Waals surface area (Å²) in [5.41, 5.74) is 3.91. The Morgan fingerprint density at radius 3 is 2.21 bits per heavy atom. The van der Waals surface area contributed by atoms with Gasteiger partial charge in [0.25, 0.3) is 0 Å². The number of aliphatic hydroxyl groups excluding tert-OH is 1. The summed E-state index contributed by atoms with van der Waals surface area (Å²) in [5.74, 6) is -1.30. The van der Waals surface area contributed by atoms with Crippen LogP contribution in [0.1, 0.15) is 5.56 Å². The Bertz CT molecular complexity index is 335. The molecule has 0 aliphatic rings. The molecule has 1 aromatic carbocycles. The van der Waals surface area contributed by atoms with Gasteiger partial charge in [-0.15, -0.1) is 0 Å². The van der Waals surface area contributed by atoms with Crippen LogP contribution in [0.25, 0.3) is 0 Å². The molecule has 5 nitrogen and oxygen atoms in total. The average Bonchev–Trinajstić information content (AvgIpc) is 2.17. The lowest BCUT2D eigenvalue weighted by molar-refractivity contribution is -0.145. The third-order valence-corrected chi connectivity index (χ3v) is 2.01. The van der Waals surface area contributed by atoms with Crippen LogP contribution in [0.5, 0.6) is 5.75 Å². The largest absolute Gasteiger partial charge is 0.508 e. The van der Waals surface area contributed by atoms with Crippen LogP contribution in [0.4, 0.5) is 0 Å². The lowest BCUT2D eigenvalue weighted by Gasteiger charge is -2.22. The number of aromatic hydroxyl groups is 1. The van der Waals surface area contributed by atoms with E-state index in [0.717, 1.165) is 0 Å². The summed E-state index contributed by atoms with van der Waals surface area (Å²) in [7, 11) is 0. The molecule has 0 heterocycles. The van der Waals surface area contributed by atoms with Gasteiger partial charge in [0, 0.05) is 0 Å². The molecule has 0 radical (unpaired) electrons. The molecule has 1 aromatic rings. The monoisotopic (exact) mass is 197 g/mol. The third kappa shape index (κ3) is 1.68. The SMILES string of the molecule is N[C@@](CO)(C(=O)O)c1ccc(O)cc1. The molecule has 0 bridgehead atoms. The van der Waals surface area contributed by atoms with Crippen LogP contribution in [0.3, 0.4) is 0 Å². The molecule has 0 aliphatic heterocycles. The fraction of sp³-hybridized carbons (Fsp3) is 0.222. The molecule has 76 valence electrons. The molecule has 0 saturated carbocycles. The van der Waals surface area contributed by atoms with Crippen LogP contribution in [-0.4, -0.2) is 27.9 Å². The molecule has 14 heavy (non-hydrogen) atoms. The number of aliphatic carboxylic acids is 1. The minimum atomic E-state index is -1.81. The van der Waals surface area contributed by atoms with E-state index in [2.05, 4.69) is 0 Å². The molecule has 0 spiro atoms. The summed E-state index contributed by atoms with van der Waals surface area (Å²) >= 11 is 0. The van der Waals surface area contributed by atoms with E-state index in [-0.39, 0.29) is 11.3 Å². The van der Waals surface area contributed by atoms with Crippen LogP contribution < -0.4 is 5.73 Å². The lowest BCUT2D eigenvalue weighted by atomic mass is 9.92. The molecule has 0 aromatic heterocycles. The van der Waals surface area contributed by atoms with Gasteiger partial charge >= 0.3 is 5.97 Å². The van der Waals surface area contributed by atoms with E-state index < -0.39 is 18.1 Å². The van der Waals surface area contributed by atoms with Crippen molar-refractivity contribution in [1.82, 2.24) is 0 Å². The topological polar surface area (TPSA) is 104 Å². The number of hydrogen-bond acceptors (Lipinski definition) is 4. The van der Waals surface area contributed by atoms with Gasteiger partial charge in [0.1, 0.15) is 5.75 Å². The minimum absolute atomic E-state index is 0.0134. The van der Waals surface area contributed by atoms with E-state index in [0.29, 0.717) is 0 Å². The van der Waals surface area contributed by atoms with Gasteiger partial charge in [0.15, 0.2) is 5.54 Å². The zero-order chi connectivity index (χ0) is 10.8. The zero-order valence-electron chi connectivity index (χ0n) is 7.34. The van der Waals surface area contributed by atoms with E-state index >= 15 is 0 Å². The van der Waals surface area contributed by atoms with E-state index in [9.17, 15) is 4.79 Å². The second-order valence-electron chi connectivity index (χ2n) is 2.98. The lowest BCUT2D eigenvalue weighted by Crippen LogP contribution is -2.48. The number of phenolic OH excluding ortho intramolecular Hbond substituents is 1. The molecular weight excluding hydrogens is 186 g/mol. The highest BCUT2D eigenvalue weighted by Crippen LogP contribution is 2.20. The molecule has 5 heteroatoms. The highest BCUT2D eigenvalue weighted by molar-refractivity contribution is 5.80. The number of nitrogens with two attached hydrogens (primary N) is 1. The Kier molecular flexibility index (Phi) is 2.73. The predicted molar refractivity (Wildman–Crippen MR) is 48.7 cm³/mol. The number of carboxylic acids is 1. The van der Waals surface area contributed by atoms with Crippen molar-refractivity contribution >= 4 is 5.97 Å². The smallest absolute Gasteiger partial charge is 0.330 e. The Hall–Kier alpha value is -1.59. The first kappa shape index (κ1) is 10.5. The molecule has 0 aliphatic carbocycles. The van der Waals surface area contributed by atoms with Crippen LogP contribution in [-0.2, 0) is 10.3 Å². The van der Waals surface area contributed by atoms with Gasteiger partial charge in [0.2, 0.25) is 0 Å². The van der Waals surface area contributed by atoms with Crippen molar-refractivity contribution in [3.05, 3.63) is 29.8 Å². The van der Waals surface area contributed by atoms with Crippen molar-refractivity contribution in [3.8, 4) is 5.75 Å². The molecular formula is C9H11NO4. The van der Waals surface area contributed by atoms with Gasteiger partial charge in [-0.05, 0) is 17.7 Å². The molecule has 0 amide bonds. The summed E-state index contributed by atoms with van der Waals surface area (Å²) in [4.78, 5) is 10.8. The Balaban J connectivity index is 3.13. The third-order valence-electron chi connectivity index (χ3n) is 2.01. The van der Waals surface area contributed by atoms with Gasteiger partial charge < -0.3 is 21.1 Å². The van der Waals surface area contributed by atoms with Crippen molar-refractivity contribution < 1.29 is 20.1 Å². The van der Waals surface area contributed by atoms with E-state index in [1.807, 2.05) is 0 Å². The van der Waals surface area contributed by atoms with Crippen molar-refractivity contribution in [2.45, 2.75) is 5.54 Å². The van der Waals surface area contributed by atoms with Gasteiger partial charge in [-0.1, -0.05) is 12.1 Å². The summed E-state index contributed by atoms with van der Waals surface area (Å²) in [6, 6.07) is 5.35. The average molecular weight is 197 g/mol. The van der Waals surface area contributed by atoms with Gasteiger partial charge in [0.05, 0.1) is 6.61 Å². The number of carboxylic acid groups (broad SMARTS) is 1. The Morgan fingerprint density at radius 1 is 1.36 bits per heavy atom. The Labute approximate surface area is 80.4 Å². The first-order valence-electron chi connectivity index (χ1n) is 3.93. The van der Waals surface area contributed by atoms with Crippen LogP contribution in [0.2, 0.25) is 0 Å². The van der Waals surface area contributed by atoms with E-state index in [1.165, 1.54) is 24.3 Å². The molecule has 0 saturated heterocycles. The molecule has 0 fully saturated rings. The summed E-state index contributed by atoms with van der Waals surface area (Å²) in [6.07, 6.45) is 0. The summed E-state index contributed by atoms with van der Waals surface area (Å²) < 4.78 is 0. The van der Waals surface area contributed by atoms with Gasteiger partial charge in [-0.3, -0.25) is 0 Å². The number of benzene rings is 1. The molecule has 5 N–H and O–H groups in total. The quantitative estimate of drug-likeness (QED) is 0.529. The highest BCUT2D eigenvalue weighted by atomic mass is 16.4. The number of phenols is 1. The van der Waals surface area contributed by atoms with Crippen molar-refractivity contribution in [2.24, 2.45) is 5.73 Å². The number of hydrogen-bond donors (Lipinski definition) is 4. The first-order chi connectivity index (χ1) is 6.50. The van der Waals surface area contributed by atoms with Crippen molar-refractivity contribution in [2.75, 3.05) is 6.61 Å². The summed E-state index contributed by atoms with van der Waals surface area (Å²) in [5, 5.41) is 26.7. The maximum atomic E-state index is 10.8. The normalized spacial score (nSPS) is 14.7. The standard InChI is InChI=1S/C9H11NO4/c10-9(5-11,8(13)14)6-1-3-7(12)4-2-6/h1-4,11-12H,5,10H2,(H,13,14)/t9-/m1/s1. The number of rotatable bonds is 3. The molecule has 1 atom stereocenters. The van der Waals surface area contributed by atoms with Crippen LogP contribution >= 0.6 is 0 Å². The van der Waals surface area contributed by atoms with Gasteiger partial charge in [-0.2, -0.15) is 0 Å². The summed E-state index contributed by atoms with van der Waals surface area (Å²) in [6.45, 7) is -0.701. The second-order valence-corrected chi connectivity index (χ2v) is 2.98. The van der Waals surface area contributed by atoms with Crippen LogP contribution in [0, 0.1) is 0 Å². The zero-order valence-corrected chi connectivity index (χ0v) is 7.34. The number of carbonyl (C=O) groups is 1. The van der Waals surface area contributed by atoms with Crippen LogP contribution in [0.15, 0.2) is 24.3 Å². The number of aliphatic hydroxyl groups is 1. The molecule has 1 rings (SSSR count). The highest BCUT2D eigenvalue weighted by Gasteiger charge is 2.35. The fourth-order valence-electron chi connectivity index (χ4n) is 1.04. The maximum absolute atomic E-state index is 10.8. The first-order valence-corrected chi connectivity index (χ1v) is 3.93. The van der Waals surface area contributed by atoms with Crippen molar-refractivity contribution in [3.63, 3.8) is 0 Å². The maximum Gasteiger partial charge on any atom is 0.330 e. The van der Waals surface area contributed by atoms with Crippen molar-refractivity contribution in [1.29, 1.82) is 0 Å². The minimum Gasteiger partial charge on any atom is -0.508 e. The fourth-order valence-corrected chi connectivity index (χ4v) is 1.04. The predicted octanol–water partition coefficient (Wildman–Crippen LogP) is -0.377. The molecule has 0 unspecified atom stereocenters. The van der Waals surface area contributed by atoms with E-state index in [1.54, 1.807) is 0 Å². The van der Waals surface area contributed by atoms with Gasteiger partial charge in [-0.25, -0.2) is 4.79 Å².